The third kappa shape index (κ3) is 1.68. The van der Waals surface area contributed by atoms with Gasteiger partial charge in [0, 0.05) is 1.43 Å². The second kappa shape index (κ2) is 3.21. The highest BCUT2D eigenvalue weighted by molar-refractivity contribution is 4.73. The Labute approximate surface area is 59.3 Å². The Hall–Kier alpha value is -0.0400. The summed E-state index contributed by atoms with van der Waals surface area (Å²) in [6, 6.07) is 0. The summed E-state index contributed by atoms with van der Waals surface area (Å²) in [5.74, 6) is 1.90. The van der Waals surface area contributed by atoms with Crippen LogP contribution in [0.4, 0.5) is 0 Å². The molecular weight excluding hydrogens is 110 g/mol. The van der Waals surface area contributed by atoms with E-state index in [1.807, 2.05) is 0 Å². The quantitative estimate of drug-likeness (QED) is 0.570. The van der Waals surface area contributed by atoms with E-state index < -0.39 is 0 Å². The third-order valence-electron chi connectivity index (χ3n) is 2.51. The normalized spacial score (nSPS) is 36.7. The van der Waals surface area contributed by atoms with Crippen molar-refractivity contribution in [3.05, 3.63) is 0 Å². The number of hydrogen-bond donors (Lipinski definition) is 1. The molecule has 2 atom stereocenters. The largest absolute Gasteiger partial charge is 0.316 e. The lowest BCUT2D eigenvalue weighted by molar-refractivity contribution is 0.267. The number of rotatable bonds is 1. The smallest absolute Gasteiger partial charge is 0 e. The van der Waals surface area contributed by atoms with E-state index in [0.29, 0.717) is 0 Å². The minimum absolute atomic E-state index is 0. The van der Waals surface area contributed by atoms with Crippen molar-refractivity contribution in [3.8, 4) is 0 Å². The fourth-order valence-electron chi connectivity index (χ4n) is 1.60. The topological polar surface area (TPSA) is 12.0 Å². The molecule has 0 radical (unpaired) electrons. The maximum Gasteiger partial charge on any atom is 0 e. The Bertz CT molecular complexity index is 85.3. The minimum atomic E-state index is 0. The first kappa shape index (κ1) is 7.07. The highest BCUT2D eigenvalue weighted by atomic mass is 14.9. The molecule has 0 unspecified atom stereocenters. The van der Waals surface area contributed by atoms with Crippen LogP contribution in [0.25, 0.3) is 0 Å². The van der Waals surface area contributed by atoms with Gasteiger partial charge in [0.2, 0.25) is 0 Å². The molecule has 0 amide bonds. The maximum absolute atomic E-state index is 3.42. The third-order valence-corrected chi connectivity index (χ3v) is 2.51. The zero-order valence-electron chi connectivity index (χ0n) is 6.48. The van der Waals surface area contributed by atoms with E-state index in [1.54, 1.807) is 0 Å². The van der Waals surface area contributed by atoms with E-state index in [2.05, 4.69) is 19.2 Å². The van der Waals surface area contributed by atoms with Crippen LogP contribution < -0.4 is 5.32 Å². The maximum atomic E-state index is 3.42. The van der Waals surface area contributed by atoms with Gasteiger partial charge in [-0.1, -0.05) is 20.3 Å². The van der Waals surface area contributed by atoms with Gasteiger partial charge in [-0.05, 0) is 31.3 Å². The van der Waals surface area contributed by atoms with Crippen LogP contribution in [0.3, 0.4) is 0 Å². The van der Waals surface area contributed by atoms with Crippen LogP contribution in [0, 0.1) is 11.8 Å². The minimum Gasteiger partial charge on any atom is -0.316 e. The molecule has 1 aliphatic rings. The van der Waals surface area contributed by atoms with E-state index in [4.69, 9.17) is 0 Å². The van der Waals surface area contributed by atoms with Crippen LogP contribution in [-0.2, 0) is 0 Å². The average molecular weight is 129 g/mol. The molecule has 1 fully saturated rings. The molecule has 0 bridgehead atoms. The summed E-state index contributed by atoms with van der Waals surface area (Å²) in [7, 11) is 0. The molecule has 0 aromatic heterocycles. The highest BCUT2D eigenvalue weighted by Gasteiger charge is 2.18. The molecule has 0 aromatic rings. The van der Waals surface area contributed by atoms with Gasteiger partial charge in [-0.25, -0.2) is 0 Å². The van der Waals surface area contributed by atoms with E-state index in [0.717, 1.165) is 11.8 Å². The van der Waals surface area contributed by atoms with Crippen molar-refractivity contribution in [2.24, 2.45) is 11.8 Å². The first-order valence-corrected chi connectivity index (χ1v) is 4.05. The van der Waals surface area contributed by atoms with Gasteiger partial charge >= 0.3 is 0 Å². The number of piperidine rings is 1. The fourth-order valence-corrected chi connectivity index (χ4v) is 1.60. The van der Waals surface area contributed by atoms with Gasteiger partial charge in [0.05, 0.1) is 0 Å². The first-order valence-electron chi connectivity index (χ1n) is 4.05. The zero-order chi connectivity index (χ0) is 6.69. The lowest BCUT2D eigenvalue weighted by atomic mass is 9.86. The Balaban J connectivity index is 0.000000810. The van der Waals surface area contributed by atoms with E-state index >= 15 is 0 Å². The molecule has 0 aliphatic carbocycles. The summed E-state index contributed by atoms with van der Waals surface area (Å²) >= 11 is 0. The van der Waals surface area contributed by atoms with Gasteiger partial charge in [0.1, 0.15) is 0 Å². The molecule has 1 heterocycles. The Morgan fingerprint density at radius 3 is 2.89 bits per heavy atom. The summed E-state index contributed by atoms with van der Waals surface area (Å²) in [4.78, 5) is 0. The van der Waals surface area contributed by atoms with Crippen LogP contribution in [0.2, 0.25) is 0 Å². The van der Waals surface area contributed by atoms with E-state index in [-0.39, 0.29) is 1.43 Å². The Morgan fingerprint density at radius 1 is 1.67 bits per heavy atom. The van der Waals surface area contributed by atoms with Gasteiger partial charge in [0.25, 0.3) is 0 Å². The van der Waals surface area contributed by atoms with Crippen LogP contribution >= 0.6 is 0 Å². The molecule has 1 aliphatic heterocycles. The van der Waals surface area contributed by atoms with E-state index in [1.165, 1.54) is 25.9 Å². The monoisotopic (exact) mass is 129 g/mol. The standard InChI is InChI=1S/C8H17N.H2/c1-3-8-6-9-5-4-7(8)2;/h7-9H,3-6H2,1-2H3;1H/t7-,8+;/m0./s1. The molecule has 1 saturated heterocycles. The van der Waals surface area contributed by atoms with Gasteiger partial charge in [-0.3, -0.25) is 0 Å². The van der Waals surface area contributed by atoms with Crippen molar-refractivity contribution in [2.45, 2.75) is 26.7 Å². The first-order chi connectivity index (χ1) is 4.34. The van der Waals surface area contributed by atoms with Gasteiger partial charge < -0.3 is 5.32 Å². The number of hydrogen-bond acceptors (Lipinski definition) is 1. The van der Waals surface area contributed by atoms with Crippen molar-refractivity contribution in [1.82, 2.24) is 5.32 Å². The fraction of sp³-hybridized carbons (Fsp3) is 1.00. The highest BCUT2D eigenvalue weighted by Crippen LogP contribution is 2.20. The average Bonchev–Trinajstić information content (AvgIpc) is 1.89. The van der Waals surface area contributed by atoms with Gasteiger partial charge in [0.15, 0.2) is 0 Å². The second-order valence-corrected chi connectivity index (χ2v) is 3.14. The lowest BCUT2D eigenvalue weighted by Crippen LogP contribution is -2.34. The number of nitrogens with one attached hydrogen (secondary N) is 1. The van der Waals surface area contributed by atoms with Crippen LogP contribution in [0.5, 0.6) is 0 Å². The van der Waals surface area contributed by atoms with Crippen LogP contribution in [0.1, 0.15) is 28.1 Å². The Morgan fingerprint density at radius 2 is 2.44 bits per heavy atom. The molecule has 1 nitrogen and oxygen atoms in total. The van der Waals surface area contributed by atoms with Crippen LogP contribution in [0.15, 0.2) is 0 Å². The molecule has 1 heteroatoms. The summed E-state index contributed by atoms with van der Waals surface area (Å²) in [6.45, 7) is 7.14. The van der Waals surface area contributed by atoms with Crippen molar-refractivity contribution in [1.29, 1.82) is 0 Å². The second-order valence-electron chi connectivity index (χ2n) is 3.14. The van der Waals surface area contributed by atoms with Gasteiger partial charge in [-0.15, -0.1) is 0 Å². The summed E-state index contributed by atoms with van der Waals surface area (Å²) in [5.41, 5.74) is 0. The van der Waals surface area contributed by atoms with Crippen LogP contribution in [-0.4, -0.2) is 13.1 Å². The Kier molecular flexibility index (Phi) is 2.52. The molecule has 1 rings (SSSR count). The zero-order valence-corrected chi connectivity index (χ0v) is 6.48. The summed E-state index contributed by atoms with van der Waals surface area (Å²) in [6.07, 6.45) is 2.71. The molecule has 9 heavy (non-hydrogen) atoms. The van der Waals surface area contributed by atoms with Crippen molar-refractivity contribution in [3.63, 3.8) is 0 Å². The SMILES string of the molecule is CC[C@@H]1CNCC[C@@H]1C.[HH]. The molecular formula is C8H19N. The van der Waals surface area contributed by atoms with Crippen molar-refractivity contribution in [2.75, 3.05) is 13.1 Å². The lowest BCUT2D eigenvalue weighted by Gasteiger charge is -2.28. The molecule has 1 N–H and O–H groups in total. The van der Waals surface area contributed by atoms with Gasteiger partial charge in [-0.2, -0.15) is 0 Å². The predicted molar refractivity (Wildman–Crippen MR) is 42.5 cm³/mol. The van der Waals surface area contributed by atoms with Crippen molar-refractivity contribution < 1.29 is 1.43 Å². The molecule has 0 spiro atoms. The molecule has 56 valence electrons. The van der Waals surface area contributed by atoms with Crippen molar-refractivity contribution >= 4 is 0 Å². The summed E-state index contributed by atoms with van der Waals surface area (Å²) < 4.78 is 0. The molecule has 0 aromatic carbocycles. The summed E-state index contributed by atoms with van der Waals surface area (Å²) in [5, 5.41) is 3.42. The van der Waals surface area contributed by atoms with E-state index in [9.17, 15) is 0 Å². The predicted octanol–water partition coefficient (Wildman–Crippen LogP) is 1.89. The molecule has 0 saturated carbocycles.